The van der Waals surface area contributed by atoms with Crippen molar-refractivity contribution >= 4 is 35.0 Å². The molecular weight excluding hydrogens is 454 g/mol. The standard InChI is InChI=1S/C25H24ClN5OS/c1-3-17(2)18-6-10-21(11-7-18)28-23(32)16-33-25-30-29-24(19-5-4-14-27-15-19)31(25)22-12-8-20(26)9-13-22/h4-15,17H,3,16H2,1-2H3,(H,28,32)/t17-/m1/s1. The number of carbonyl (C=O) groups excluding carboxylic acids is 1. The minimum absolute atomic E-state index is 0.107. The molecular formula is C25H24ClN5OS. The molecule has 1 N–H and O–H groups in total. The molecule has 33 heavy (non-hydrogen) atoms. The molecule has 0 saturated carbocycles. The number of thioether (sulfide) groups is 1. The lowest BCUT2D eigenvalue weighted by molar-refractivity contribution is -0.113. The average Bonchev–Trinajstić information content (AvgIpc) is 3.28. The third kappa shape index (κ3) is 5.61. The summed E-state index contributed by atoms with van der Waals surface area (Å²) in [5.74, 6) is 1.24. The molecule has 0 aliphatic rings. The second-order valence-corrected chi connectivity index (χ2v) is 9.01. The molecule has 8 heteroatoms. The van der Waals surface area contributed by atoms with E-state index in [1.165, 1.54) is 17.3 Å². The smallest absolute Gasteiger partial charge is 0.234 e. The summed E-state index contributed by atoms with van der Waals surface area (Å²) in [6.07, 6.45) is 4.53. The molecule has 0 bridgehead atoms. The van der Waals surface area contributed by atoms with Gasteiger partial charge >= 0.3 is 0 Å². The molecule has 0 saturated heterocycles. The van der Waals surface area contributed by atoms with Crippen molar-refractivity contribution in [3.05, 3.63) is 83.6 Å². The summed E-state index contributed by atoms with van der Waals surface area (Å²) < 4.78 is 1.91. The van der Waals surface area contributed by atoms with Gasteiger partial charge in [-0.15, -0.1) is 10.2 Å². The highest BCUT2D eigenvalue weighted by Crippen LogP contribution is 2.28. The van der Waals surface area contributed by atoms with Gasteiger partial charge in [-0.2, -0.15) is 0 Å². The van der Waals surface area contributed by atoms with Crippen LogP contribution in [0.2, 0.25) is 5.02 Å². The first-order chi connectivity index (χ1) is 16.0. The fraction of sp³-hybridized carbons (Fsp3) is 0.200. The van der Waals surface area contributed by atoms with E-state index in [1.54, 1.807) is 12.4 Å². The molecule has 0 unspecified atom stereocenters. The highest BCUT2D eigenvalue weighted by atomic mass is 35.5. The van der Waals surface area contributed by atoms with Crippen LogP contribution in [0.1, 0.15) is 31.7 Å². The zero-order valence-corrected chi connectivity index (χ0v) is 20.0. The third-order valence-electron chi connectivity index (χ3n) is 5.35. The Bertz CT molecular complexity index is 1210. The summed E-state index contributed by atoms with van der Waals surface area (Å²) in [5.41, 5.74) is 3.73. The van der Waals surface area contributed by atoms with Gasteiger partial charge in [-0.05, 0) is 66.4 Å². The van der Waals surface area contributed by atoms with Gasteiger partial charge in [0.1, 0.15) is 0 Å². The quantitative estimate of drug-likeness (QED) is 0.304. The molecule has 4 rings (SSSR count). The molecule has 2 heterocycles. The fourth-order valence-electron chi connectivity index (χ4n) is 3.33. The molecule has 0 fully saturated rings. The SMILES string of the molecule is CC[C@@H](C)c1ccc(NC(=O)CSc2nnc(-c3cccnc3)n2-c2ccc(Cl)cc2)cc1. The number of pyridine rings is 1. The first-order valence-corrected chi connectivity index (χ1v) is 12.1. The summed E-state index contributed by atoms with van der Waals surface area (Å²) in [7, 11) is 0. The van der Waals surface area contributed by atoms with Crippen LogP contribution in [0.3, 0.4) is 0 Å². The van der Waals surface area contributed by atoms with Gasteiger partial charge in [0.2, 0.25) is 5.91 Å². The van der Waals surface area contributed by atoms with E-state index in [9.17, 15) is 4.79 Å². The Morgan fingerprint density at radius 2 is 1.85 bits per heavy atom. The first kappa shape index (κ1) is 23.0. The average molecular weight is 478 g/mol. The van der Waals surface area contributed by atoms with E-state index >= 15 is 0 Å². The highest BCUT2D eigenvalue weighted by molar-refractivity contribution is 7.99. The van der Waals surface area contributed by atoms with E-state index in [2.05, 4.69) is 46.5 Å². The number of hydrogen-bond acceptors (Lipinski definition) is 5. The zero-order chi connectivity index (χ0) is 23.2. The molecule has 0 aliphatic heterocycles. The van der Waals surface area contributed by atoms with Crippen LogP contribution in [-0.2, 0) is 4.79 Å². The number of aromatic nitrogens is 4. The molecule has 4 aromatic rings. The summed E-state index contributed by atoms with van der Waals surface area (Å²) in [6, 6.07) is 19.2. The van der Waals surface area contributed by atoms with Gasteiger partial charge in [0.05, 0.1) is 5.75 Å². The van der Waals surface area contributed by atoms with Gasteiger partial charge in [0.15, 0.2) is 11.0 Å². The van der Waals surface area contributed by atoms with Crippen molar-refractivity contribution < 1.29 is 4.79 Å². The van der Waals surface area contributed by atoms with E-state index in [4.69, 9.17) is 11.6 Å². The molecule has 2 aromatic heterocycles. The molecule has 1 amide bonds. The predicted molar refractivity (Wildman–Crippen MR) is 134 cm³/mol. The second kappa shape index (κ2) is 10.6. The van der Waals surface area contributed by atoms with Crippen molar-refractivity contribution in [2.45, 2.75) is 31.3 Å². The van der Waals surface area contributed by atoms with E-state index in [0.717, 1.165) is 23.4 Å². The van der Waals surface area contributed by atoms with Crippen LogP contribution >= 0.6 is 23.4 Å². The lowest BCUT2D eigenvalue weighted by Crippen LogP contribution is -2.14. The van der Waals surface area contributed by atoms with E-state index in [0.29, 0.717) is 21.9 Å². The molecule has 0 spiro atoms. The van der Waals surface area contributed by atoms with E-state index in [-0.39, 0.29) is 11.7 Å². The zero-order valence-electron chi connectivity index (χ0n) is 18.4. The summed E-state index contributed by atoms with van der Waals surface area (Å²) in [6.45, 7) is 4.36. The molecule has 6 nitrogen and oxygen atoms in total. The Morgan fingerprint density at radius 1 is 1.09 bits per heavy atom. The normalized spacial score (nSPS) is 11.8. The Morgan fingerprint density at radius 3 is 2.52 bits per heavy atom. The summed E-state index contributed by atoms with van der Waals surface area (Å²) in [5, 5.41) is 12.9. The first-order valence-electron chi connectivity index (χ1n) is 10.7. The Labute approximate surface area is 202 Å². The molecule has 2 aromatic carbocycles. The predicted octanol–water partition coefficient (Wildman–Crippen LogP) is 6.23. The van der Waals surface area contributed by atoms with Gasteiger partial charge < -0.3 is 5.32 Å². The van der Waals surface area contributed by atoms with Crippen LogP contribution in [0.4, 0.5) is 5.69 Å². The number of nitrogens with zero attached hydrogens (tertiary/aromatic N) is 4. The van der Waals surface area contributed by atoms with E-state index < -0.39 is 0 Å². The van der Waals surface area contributed by atoms with Crippen molar-refractivity contribution in [3.8, 4) is 17.1 Å². The van der Waals surface area contributed by atoms with Crippen molar-refractivity contribution in [2.24, 2.45) is 0 Å². The minimum atomic E-state index is -0.107. The number of hydrogen-bond donors (Lipinski definition) is 1. The van der Waals surface area contributed by atoms with Crippen LogP contribution < -0.4 is 5.32 Å². The minimum Gasteiger partial charge on any atom is -0.325 e. The van der Waals surface area contributed by atoms with Crippen LogP contribution in [0.25, 0.3) is 17.1 Å². The molecule has 0 aliphatic carbocycles. The number of anilines is 1. The lowest BCUT2D eigenvalue weighted by Gasteiger charge is -2.11. The number of amides is 1. The monoisotopic (exact) mass is 477 g/mol. The number of halogens is 1. The van der Waals surface area contributed by atoms with Crippen molar-refractivity contribution in [2.75, 3.05) is 11.1 Å². The van der Waals surface area contributed by atoms with Gasteiger partial charge in [0.25, 0.3) is 0 Å². The maximum Gasteiger partial charge on any atom is 0.234 e. The van der Waals surface area contributed by atoms with Crippen LogP contribution in [0, 0.1) is 0 Å². The number of carbonyl (C=O) groups is 1. The topological polar surface area (TPSA) is 72.7 Å². The van der Waals surface area contributed by atoms with Crippen molar-refractivity contribution in [3.63, 3.8) is 0 Å². The van der Waals surface area contributed by atoms with Crippen molar-refractivity contribution in [1.29, 1.82) is 0 Å². The number of rotatable bonds is 8. The Hall–Kier alpha value is -3.16. The summed E-state index contributed by atoms with van der Waals surface area (Å²) in [4.78, 5) is 16.8. The van der Waals surface area contributed by atoms with Gasteiger partial charge in [-0.3, -0.25) is 14.3 Å². The largest absolute Gasteiger partial charge is 0.325 e. The maximum absolute atomic E-state index is 12.6. The molecule has 1 atom stereocenters. The fourth-order valence-corrected chi connectivity index (χ4v) is 4.20. The highest BCUT2D eigenvalue weighted by Gasteiger charge is 2.17. The van der Waals surface area contributed by atoms with Gasteiger partial charge in [-0.1, -0.05) is 49.3 Å². The van der Waals surface area contributed by atoms with E-state index in [1.807, 2.05) is 53.1 Å². The molecule has 168 valence electrons. The van der Waals surface area contributed by atoms with Gasteiger partial charge in [0, 0.05) is 34.4 Å². The summed E-state index contributed by atoms with van der Waals surface area (Å²) >= 11 is 7.40. The van der Waals surface area contributed by atoms with Crippen LogP contribution in [-0.4, -0.2) is 31.4 Å². The third-order valence-corrected chi connectivity index (χ3v) is 6.53. The second-order valence-electron chi connectivity index (χ2n) is 7.63. The lowest BCUT2D eigenvalue weighted by atomic mass is 9.99. The van der Waals surface area contributed by atoms with Crippen molar-refractivity contribution in [1.82, 2.24) is 19.7 Å². The van der Waals surface area contributed by atoms with Gasteiger partial charge in [-0.25, -0.2) is 0 Å². The molecule has 0 radical (unpaired) electrons. The number of nitrogens with one attached hydrogen (secondary N) is 1. The Balaban J connectivity index is 1.51. The van der Waals surface area contributed by atoms with Crippen LogP contribution in [0.15, 0.2) is 78.2 Å². The Kier molecular flexibility index (Phi) is 7.42. The maximum atomic E-state index is 12.6. The van der Waals surface area contributed by atoms with Crippen LogP contribution in [0.5, 0.6) is 0 Å². The number of benzene rings is 2.